The molecule has 1 aliphatic heterocycles. The number of pyridine rings is 1. The minimum atomic E-state index is -3.69. The van der Waals surface area contributed by atoms with Crippen molar-refractivity contribution in [1.82, 2.24) is 10.1 Å². The number of nitrogens with zero attached hydrogens (tertiary/aromatic N) is 1. The molecular formula is C17H24N2O8PPb. The fourth-order valence-electron chi connectivity index (χ4n) is 2.45. The molecule has 0 amide bonds. The Bertz CT molecular complexity index is 735. The Morgan fingerprint density at radius 1 is 1.38 bits per heavy atom. The van der Waals surface area contributed by atoms with Crippen LogP contribution < -0.4 is 5.09 Å². The molecule has 0 saturated carbocycles. The molecule has 4 unspecified atom stereocenters. The van der Waals surface area contributed by atoms with E-state index in [1.165, 1.54) is 13.1 Å². The van der Waals surface area contributed by atoms with Crippen molar-refractivity contribution in [3.8, 4) is 0 Å². The van der Waals surface area contributed by atoms with E-state index in [4.69, 9.17) is 21.2 Å². The molecule has 1 N–H and O–H groups in total. The zero-order valence-corrected chi connectivity index (χ0v) is 21.2. The van der Waals surface area contributed by atoms with Gasteiger partial charge in [-0.2, -0.15) is 0 Å². The van der Waals surface area contributed by atoms with Crippen LogP contribution in [0.25, 0.3) is 0 Å². The standard InChI is InChI=1S/C17H25N2O8P.Pb/c1-11(2)25-16(20)12(3)19-28(22,23)24-10-14-6-7-15(26-14)27-17(21)13-5-4-8-18-9-13;/h4-5,8-9,11-12,14-15H,6-7,10H2,1-3H3,(H2,19,22,23);/q;+1/p-1. The number of hydrogen-bond donors (Lipinski definition) is 1. The quantitative estimate of drug-likeness (QED) is 0.235. The monoisotopic (exact) mass is 623 g/mol. The summed E-state index contributed by atoms with van der Waals surface area (Å²) in [4.78, 5) is 27.8. The molecule has 0 bridgehead atoms. The maximum atomic E-state index is 12.7. The second-order valence-electron chi connectivity index (χ2n) is 6.63. The molecule has 0 spiro atoms. The molecule has 3 radical (unpaired) electrons. The van der Waals surface area contributed by atoms with Gasteiger partial charge in [-0.25, -0.2) is 0 Å². The summed E-state index contributed by atoms with van der Waals surface area (Å²) in [6, 6.07) is 2.37. The van der Waals surface area contributed by atoms with Crippen molar-refractivity contribution < 1.29 is 35.4 Å². The molecule has 12 heteroatoms. The third-order valence-electron chi connectivity index (χ3n) is 3.81. The van der Waals surface area contributed by atoms with Crippen LogP contribution in [0.5, 0.6) is 0 Å². The van der Waals surface area contributed by atoms with Crippen LogP contribution in [-0.2, 0) is 30.6 Å². The summed E-state index contributed by atoms with van der Waals surface area (Å²) in [6.07, 6.45) is 2.57. The van der Waals surface area contributed by atoms with E-state index in [9.17, 15) is 14.2 Å². The molecule has 1 saturated heterocycles. The Morgan fingerprint density at radius 3 is 2.76 bits per heavy atom. The Hall–Kier alpha value is -0.918. The van der Waals surface area contributed by atoms with Gasteiger partial charge in [0.05, 0.1) is 0 Å². The van der Waals surface area contributed by atoms with Gasteiger partial charge in [-0.1, -0.05) is 0 Å². The van der Waals surface area contributed by atoms with Crippen LogP contribution in [0.3, 0.4) is 0 Å². The molecule has 2 heterocycles. The summed E-state index contributed by atoms with van der Waals surface area (Å²) >= 11 is 0.136. The molecule has 1 fully saturated rings. The summed E-state index contributed by atoms with van der Waals surface area (Å²) in [5.41, 5.74) is 0.330. The second-order valence-corrected chi connectivity index (χ2v) is 10.5. The normalized spacial score (nSPS) is 22.1. The molecule has 2 rings (SSSR count). The number of carbonyl (C=O) groups excluding carboxylic acids is 2. The predicted molar refractivity (Wildman–Crippen MR) is 102 cm³/mol. The van der Waals surface area contributed by atoms with E-state index in [1.54, 1.807) is 32.2 Å². The van der Waals surface area contributed by atoms with Crippen molar-refractivity contribution in [1.29, 1.82) is 0 Å². The van der Waals surface area contributed by atoms with Crippen molar-refractivity contribution in [2.24, 2.45) is 0 Å². The van der Waals surface area contributed by atoms with Gasteiger partial charge in [-0.3, -0.25) is 0 Å². The number of esters is 2. The Morgan fingerprint density at radius 2 is 2.14 bits per heavy atom. The first kappa shape index (κ1) is 24.4. The number of nitrogens with one attached hydrogen (secondary N) is 1. The molecule has 1 aromatic rings. The third kappa shape index (κ3) is 8.02. The van der Waals surface area contributed by atoms with Gasteiger partial charge in [0.1, 0.15) is 0 Å². The van der Waals surface area contributed by atoms with Crippen molar-refractivity contribution in [3.63, 3.8) is 0 Å². The van der Waals surface area contributed by atoms with Gasteiger partial charge in [0.25, 0.3) is 0 Å². The van der Waals surface area contributed by atoms with Gasteiger partial charge < -0.3 is 0 Å². The van der Waals surface area contributed by atoms with E-state index in [0.717, 1.165) is 0 Å². The zero-order chi connectivity index (χ0) is 21.4. The minimum absolute atomic E-state index is 0.0423. The maximum absolute atomic E-state index is 12.7. The Labute approximate surface area is 185 Å². The van der Waals surface area contributed by atoms with Gasteiger partial charge in [0, 0.05) is 6.20 Å². The van der Waals surface area contributed by atoms with Gasteiger partial charge in [0.2, 0.25) is 0 Å². The molecule has 0 aliphatic carbocycles. The number of hydrogen-bond acceptors (Lipinski definition) is 9. The molecule has 29 heavy (non-hydrogen) atoms. The van der Waals surface area contributed by atoms with Crippen molar-refractivity contribution in [3.05, 3.63) is 30.1 Å². The summed E-state index contributed by atoms with van der Waals surface area (Å²) in [6.45, 7) is 4.92. The molecule has 1 aliphatic rings. The van der Waals surface area contributed by atoms with Crippen LogP contribution in [0, 0.1) is 0 Å². The molecule has 0 aromatic carbocycles. The van der Waals surface area contributed by atoms with Gasteiger partial charge in [0.15, 0.2) is 0 Å². The van der Waals surface area contributed by atoms with Crippen LogP contribution in [0.4, 0.5) is 0 Å². The van der Waals surface area contributed by atoms with Crippen LogP contribution in [0.2, 0.25) is 0 Å². The van der Waals surface area contributed by atoms with E-state index >= 15 is 0 Å². The number of ether oxygens (including phenoxy) is 3. The molecule has 159 valence electrons. The topological polar surface area (TPSA) is 122 Å². The van der Waals surface area contributed by atoms with Crippen molar-refractivity contribution >= 4 is 45.9 Å². The number of carbonyl (C=O) groups is 2. The summed E-state index contributed by atoms with van der Waals surface area (Å²) < 4.78 is 39.2. The predicted octanol–water partition coefficient (Wildman–Crippen LogP) is 1.90. The SMILES string of the molecule is CC(C)OC(=O)C(C)NP(=O)([O][Pb])OCC1CCC(OC(=O)c2cccnc2)O1. The summed E-state index contributed by atoms with van der Waals surface area (Å²) in [7, 11) is -3.69. The van der Waals surface area contributed by atoms with Crippen molar-refractivity contribution in [2.75, 3.05) is 6.61 Å². The van der Waals surface area contributed by atoms with Gasteiger partial charge >= 0.3 is 180 Å². The van der Waals surface area contributed by atoms with Gasteiger partial charge in [-0.05, 0) is 0 Å². The van der Waals surface area contributed by atoms with Crippen molar-refractivity contribution in [2.45, 2.75) is 58.2 Å². The second kappa shape index (κ2) is 11.5. The van der Waals surface area contributed by atoms with Gasteiger partial charge in [-0.15, -0.1) is 0 Å². The van der Waals surface area contributed by atoms with E-state index < -0.39 is 38.1 Å². The van der Waals surface area contributed by atoms with Crippen LogP contribution in [0.1, 0.15) is 44.0 Å². The van der Waals surface area contributed by atoms with Crippen LogP contribution >= 0.6 is 7.75 Å². The fraction of sp³-hybridized carbons (Fsp3) is 0.588. The fourth-order valence-corrected chi connectivity index (χ4v) is 4.80. The average molecular weight is 623 g/mol. The number of rotatable bonds is 10. The average Bonchev–Trinajstić information content (AvgIpc) is 3.14. The molecule has 10 nitrogen and oxygen atoms in total. The first-order chi connectivity index (χ1) is 13.7. The Balaban J connectivity index is 1.80. The van der Waals surface area contributed by atoms with E-state index in [0.29, 0.717) is 18.4 Å². The summed E-state index contributed by atoms with van der Waals surface area (Å²) in [5, 5.41) is 2.56. The first-order valence-corrected chi connectivity index (χ1v) is 12.2. The third-order valence-corrected chi connectivity index (χ3v) is 8.05. The molecule has 4 atom stereocenters. The van der Waals surface area contributed by atoms with Crippen LogP contribution in [0.15, 0.2) is 24.5 Å². The molecule has 1 aromatic heterocycles. The number of aromatic nitrogens is 1. The zero-order valence-electron chi connectivity index (χ0n) is 16.4. The molecular weight excluding hydrogens is 598 g/mol. The Kier molecular flexibility index (Phi) is 9.63. The van der Waals surface area contributed by atoms with Crippen LogP contribution in [-0.4, -0.2) is 74.3 Å². The van der Waals surface area contributed by atoms with E-state index in [2.05, 4.69) is 10.1 Å². The first-order valence-electron chi connectivity index (χ1n) is 9.07. The van der Waals surface area contributed by atoms with E-state index in [1.807, 2.05) is 0 Å². The summed E-state index contributed by atoms with van der Waals surface area (Å²) in [5.74, 6) is -1.08. The van der Waals surface area contributed by atoms with E-state index in [-0.39, 0.29) is 38.9 Å².